The highest BCUT2D eigenvalue weighted by molar-refractivity contribution is 7.03. The van der Waals surface area contributed by atoms with Crippen LogP contribution < -0.4 is 10.2 Å². The van der Waals surface area contributed by atoms with Crippen LogP contribution >= 0.6 is 11.5 Å². The van der Waals surface area contributed by atoms with Gasteiger partial charge in [-0.3, -0.25) is 14.5 Å². The first-order valence-corrected chi connectivity index (χ1v) is 10.0. The minimum absolute atomic E-state index is 0.177. The molecular weight excluding hydrogens is 388 g/mol. The summed E-state index contributed by atoms with van der Waals surface area (Å²) in [5.41, 5.74) is 2.21. The lowest BCUT2D eigenvalue weighted by atomic mass is 10.0. The SMILES string of the molecule is Cc1cccc(N(C(=O)c2csnn2)[C@H](C(=O)NC(C)(C)C)c2ccco2)c1C. The van der Waals surface area contributed by atoms with Gasteiger partial charge in [-0.1, -0.05) is 16.6 Å². The molecule has 0 aliphatic heterocycles. The Morgan fingerprint density at radius 2 is 1.93 bits per heavy atom. The first-order valence-electron chi connectivity index (χ1n) is 9.21. The van der Waals surface area contributed by atoms with Crippen LogP contribution in [0.25, 0.3) is 0 Å². The Morgan fingerprint density at radius 1 is 1.17 bits per heavy atom. The number of aryl methyl sites for hydroxylation is 1. The Kier molecular flexibility index (Phi) is 5.83. The number of anilines is 1. The van der Waals surface area contributed by atoms with E-state index in [4.69, 9.17) is 4.42 Å². The van der Waals surface area contributed by atoms with E-state index in [1.807, 2.05) is 52.8 Å². The maximum absolute atomic E-state index is 13.5. The lowest BCUT2D eigenvalue weighted by molar-refractivity contribution is -0.124. The molecule has 1 atom stereocenters. The third kappa shape index (κ3) is 4.54. The molecule has 3 aromatic rings. The number of benzene rings is 1. The summed E-state index contributed by atoms with van der Waals surface area (Å²) in [5.74, 6) is -0.396. The van der Waals surface area contributed by atoms with Gasteiger partial charge in [-0.15, -0.1) is 5.10 Å². The Balaban J connectivity index is 2.19. The van der Waals surface area contributed by atoms with Crippen LogP contribution in [-0.4, -0.2) is 26.9 Å². The number of nitrogens with zero attached hydrogens (tertiary/aromatic N) is 3. The highest BCUT2D eigenvalue weighted by atomic mass is 32.1. The summed E-state index contributed by atoms with van der Waals surface area (Å²) in [7, 11) is 0. The lowest BCUT2D eigenvalue weighted by Crippen LogP contribution is -2.49. The van der Waals surface area contributed by atoms with Crippen molar-refractivity contribution in [2.45, 2.75) is 46.2 Å². The molecule has 1 aromatic carbocycles. The average molecular weight is 413 g/mol. The number of carbonyl (C=O) groups is 2. The van der Waals surface area contributed by atoms with Gasteiger partial charge in [0, 0.05) is 16.6 Å². The molecule has 1 N–H and O–H groups in total. The van der Waals surface area contributed by atoms with Crippen molar-refractivity contribution in [3.63, 3.8) is 0 Å². The molecule has 0 spiro atoms. The van der Waals surface area contributed by atoms with Crippen LogP contribution in [0.5, 0.6) is 0 Å². The maximum atomic E-state index is 13.5. The quantitative estimate of drug-likeness (QED) is 0.683. The second-order valence-electron chi connectivity index (χ2n) is 7.84. The molecule has 0 saturated heterocycles. The number of amides is 2. The first-order chi connectivity index (χ1) is 13.7. The van der Waals surface area contributed by atoms with E-state index in [1.54, 1.807) is 17.5 Å². The molecule has 152 valence electrons. The lowest BCUT2D eigenvalue weighted by Gasteiger charge is -2.33. The van der Waals surface area contributed by atoms with Crippen LogP contribution in [0.15, 0.2) is 46.4 Å². The van der Waals surface area contributed by atoms with E-state index in [1.165, 1.54) is 11.2 Å². The predicted molar refractivity (Wildman–Crippen MR) is 112 cm³/mol. The molecule has 0 bridgehead atoms. The molecule has 0 aliphatic carbocycles. The zero-order chi connectivity index (χ0) is 21.2. The van der Waals surface area contributed by atoms with Crippen molar-refractivity contribution in [3.8, 4) is 0 Å². The number of rotatable bonds is 5. The van der Waals surface area contributed by atoms with Gasteiger partial charge in [0.1, 0.15) is 5.76 Å². The standard InChI is InChI=1S/C21H24N4O3S/c1-13-8-6-9-16(14(13)2)25(20(27)15-12-29-24-23-15)18(17-10-7-11-28-17)19(26)22-21(3,4)5/h6-12,18H,1-5H3,(H,22,26)/t18-/m0/s1. The largest absolute Gasteiger partial charge is 0.467 e. The van der Waals surface area contributed by atoms with Crippen molar-refractivity contribution < 1.29 is 14.0 Å². The van der Waals surface area contributed by atoms with Gasteiger partial charge >= 0.3 is 0 Å². The summed E-state index contributed by atoms with van der Waals surface area (Å²) in [6.45, 7) is 9.55. The zero-order valence-corrected chi connectivity index (χ0v) is 17.9. The van der Waals surface area contributed by atoms with Crippen molar-refractivity contribution >= 4 is 29.0 Å². The summed E-state index contributed by atoms with van der Waals surface area (Å²) in [6.07, 6.45) is 1.49. The minimum Gasteiger partial charge on any atom is -0.467 e. The van der Waals surface area contributed by atoms with Crippen molar-refractivity contribution in [3.05, 3.63) is 64.6 Å². The predicted octanol–water partition coefficient (Wildman–Crippen LogP) is 4.05. The van der Waals surface area contributed by atoms with Crippen LogP contribution in [0.1, 0.15) is 54.2 Å². The van der Waals surface area contributed by atoms with E-state index >= 15 is 0 Å². The van der Waals surface area contributed by atoms with Gasteiger partial charge in [0.25, 0.3) is 11.8 Å². The highest BCUT2D eigenvalue weighted by Crippen LogP contribution is 2.33. The van der Waals surface area contributed by atoms with Crippen molar-refractivity contribution in [2.24, 2.45) is 0 Å². The van der Waals surface area contributed by atoms with E-state index in [9.17, 15) is 9.59 Å². The topological polar surface area (TPSA) is 88.3 Å². The van der Waals surface area contributed by atoms with Crippen molar-refractivity contribution in [2.75, 3.05) is 4.90 Å². The normalized spacial score (nSPS) is 12.4. The molecule has 2 aromatic heterocycles. The average Bonchev–Trinajstić information content (AvgIpc) is 3.34. The molecule has 0 fully saturated rings. The van der Waals surface area contributed by atoms with E-state index in [-0.39, 0.29) is 11.6 Å². The molecule has 0 radical (unpaired) electrons. The third-order valence-corrected chi connectivity index (χ3v) is 4.96. The van der Waals surface area contributed by atoms with Gasteiger partial charge < -0.3 is 9.73 Å². The smallest absolute Gasteiger partial charge is 0.280 e. The van der Waals surface area contributed by atoms with Crippen LogP contribution in [0, 0.1) is 13.8 Å². The van der Waals surface area contributed by atoms with Gasteiger partial charge in [0.05, 0.1) is 6.26 Å². The Bertz CT molecular complexity index is 992. The molecule has 7 nitrogen and oxygen atoms in total. The van der Waals surface area contributed by atoms with Gasteiger partial charge in [-0.25, -0.2) is 0 Å². The van der Waals surface area contributed by atoms with Gasteiger partial charge in [-0.05, 0) is 75.5 Å². The van der Waals surface area contributed by atoms with E-state index < -0.39 is 17.5 Å². The van der Waals surface area contributed by atoms with E-state index in [2.05, 4.69) is 14.9 Å². The minimum atomic E-state index is -1.00. The summed E-state index contributed by atoms with van der Waals surface area (Å²) in [5, 5.41) is 8.46. The van der Waals surface area contributed by atoms with E-state index in [0.29, 0.717) is 11.4 Å². The number of hydrogen-bond acceptors (Lipinski definition) is 6. The second-order valence-corrected chi connectivity index (χ2v) is 8.45. The van der Waals surface area contributed by atoms with Crippen molar-refractivity contribution in [1.82, 2.24) is 14.9 Å². The second kappa shape index (κ2) is 8.16. The van der Waals surface area contributed by atoms with Crippen molar-refractivity contribution in [1.29, 1.82) is 0 Å². The fourth-order valence-electron chi connectivity index (χ4n) is 3.00. The molecule has 0 saturated carbocycles. The third-order valence-electron chi connectivity index (χ3n) is 4.45. The van der Waals surface area contributed by atoms with Crippen LogP contribution in [0.2, 0.25) is 0 Å². The van der Waals surface area contributed by atoms with Gasteiger partial charge in [-0.2, -0.15) is 0 Å². The number of nitrogens with one attached hydrogen (secondary N) is 1. The van der Waals surface area contributed by atoms with E-state index in [0.717, 1.165) is 22.7 Å². The highest BCUT2D eigenvalue weighted by Gasteiger charge is 2.38. The molecule has 29 heavy (non-hydrogen) atoms. The molecule has 3 rings (SSSR count). The zero-order valence-electron chi connectivity index (χ0n) is 17.1. The monoisotopic (exact) mass is 412 g/mol. The molecular formula is C21H24N4O3S. The Labute approximate surface area is 173 Å². The number of carbonyl (C=O) groups excluding carboxylic acids is 2. The number of hydrogen-bond donors (Lipinski definition) is 1. The molecule has 8 heteroatoms. The summed E-state index contributed by atoms with van der Waals surface area (Å²) in [6, 6.07) is 8.03. The maximum Gasteiger partial charge on any atom is 0.280 e. The molecule has 2 amide bonds. The van der Waals surface area contributed by atoms with Gasteiger partial charge in [0.15, 0.2) is 11.7 Å². The Morgan fingerprint density at radius 3 is 2.52 bits per heavy atom. The first kappa shape index (κ1) is 20.7. The molecule has 0 aliphatic rings. The van der Waals surface area contributed by atoms with Crippen LogP contribution in [0.4, 0.5) is 5.69 Å². The molecule has 0 unspecified atom stereocenters. The Hall–Kier alpha value is -3.00. The van der Waals surface area contributed by atoms with Crippen LogP contribution in [0.3, 0.4) is 0 Å². The van der Waals surface area contributed by atoms with Gasteiger partial charge in [0.2, 0.25) is 0 Å². The fourth-order valence-corrected chi connectivity index (χ4v) is 3.43. The number of aromatic nitrogens is 2. The number of furan rings is 1. The fraction of sp³-hybridized carbons (Fsp3) is 0.333. The van der Waals surface area contributed by atoms with Crippen LogP contribution in [-0.2, 0) is 4.79 Å². The summed E-state index contributed by atoms with van der Waals surface area (Å²) in [4.78, 5) is 28.3. The molecule has 2 heterocycles. The summed E-state index contributed by atoms with van der Waals surface area (Å²) < 4.78 is 9.39. The summed E-state index contributed by atoms with van der Waals surface area (Å²) >= 11 is 1.08.